The quantitative estimate of drug-likeness (QED) is 0.488. The van der Waals surface area contributed by atoms with E-state index in [0.717, 1.165) is 5.56 Å². The van der Waals surface area contributed by atoms with E-state index in [0.29, 0.717) is 47.7 Å². The smallest absolute Gasteiger partial charge is 0.213 e. The molecule has 7 heteroatoms. The molecule has 1 aromatic heterocycles. The van der Waals surface area contributed by atoms with E-state index in [1.165, 1.54) is 6.07 Å². The number of nitrogens with zero attached hydrogens (tertiary/aromatic N) is 1. The summed E-state index contributed by atoms with van der Waals surface area (Å²) >= 11 is 6.10. The van der Waals surface area contributed by atoms with E-state index in [-0.39, 0.29) is 6.61 Å². The predicted octanol–water partition coefficient (Wildman–Crippen LogP) is 4.63. The maximum Gasteiger partial charge on any atom is 0.213 e. The molecule has 0 aliphatic carbocycles. The number of hydrogen-bond donors (Lipinski definition) is 1. The Morgan fingerprint density at radius 3 is 2.66 bits per heavy atom. The van der Waals surface area contributed by atoms with Crippen molar-refractivity contribution in [2.45, 2.75) is 13.2 Å². The Kier molecular flexibility index (Phi) is 7.67. The molecule has 0 atom stereocenters. The zero-order valence-corrected chi connectivity index (χ0v) is 16.8. The van der Waals surface area contributed by atoms with Crippen LogP contribution in [-0.2, 0) is 13.2 Å². The molecule has 0 amide bonds. The summed E-state index contributed by atoms with van der Waals surface area (Å²) in [5.74, 6) is 1.30. The molecule has 1 N–H and O–H groups in total. The van der Waals surface area contributed by atoms with Gasteiger partial charge in [-0.25, -0.2) is 9.37 Å². The maximum absolute atomic E-state index is 14.0. The number of ether oxygens (including phenoxy) is 3. The van der Waals surface area contributed by atoms with Gasteiger partial charge in [0.25, 0.3) is 0 Å². The van der Waals surface area contributed by atoms with Gasteiger partial charge in [-0.15, -0.1) is 0 Å². The number of methoxy groups -OCH3 is 1. The van der Waals surface area contributed by atoms with E-state index in [1.54, 1.807) is 31.5 Å². The van der Waals surface area contributed by atoms with E-state index in [1.807, 2.05) is 30.3 Å². The third kappa shape index (κ3) is 5.82. The van der Waals surface area contributed by atoms with Crippen LogP contribution in [0.1, 0.15) is 11.1 Å². The molecule has 3 rings (SSSR count). The third-order valence-corrected chi connectivity index (χ3v) is 4.54. The number of benzene rings is 2. The molecule has 5 nitrogen and oxygen atoms in total. The lowest BCUT2D eigenvalue weighted by atomic mass is 10.1. The van der Waals surface area contributed by atoms with Gasteiger partial charge in [0.15, 0.2) is 11.5 Å². The highest BCUT2D eigenvalue weighted by molar-refractivity contribution is 6.31. The molecule has 0 spiro atoms. The average Bonchev–Trinajstić information content (AvgIpc) is 2.74. The fraction of sp³-hybridized carbons (Fsp3) is 0.227. The molecule has 0 saturated heterocycles. The van der Waals surface area contributed by atoms with E-state index in [4.69, 9.17) is 25.8 Å². The minimum absolute atomic E-state index is 0.00165. The molecule has 152 valence electrons. The number of aromatic nitrogens is 1. The van der Waals surface area contributed by atoms with Crippen LogP contribution in [0.3, 0.4) is 0 Å². The maximum atomic E-state index is 14.0. The zero-order chi connectivity index (χ0) is 20.5. The number of halogens is 2. The predicted molar refractivity (Wildman–Crippen MR) is 110 cm³/mol. The molecular weight excluding hydrogens is 395 g/mol. The first kappa shape index (κ1) is 20.9. The van der Waals surface area contributed by atoms with E-state index < -0.39 is 5.82 Å². The third-order valence-electron chi connectivity index (χ3n) is 4.18. The van der Waals surface area contributed by atoms with E-state index in [9.17, 15) is 4.39 Å². The second kappa shape index (κ2) is 10.6. The highest BCUT2D eigenvalue weighted by atomic mass is 35.5. The van der Waals surface area contributed by atoms with Gasteiger partial charge >= 0.3 is 0 Å². The fourth-order valence-electron chi connectivity index (χ4n) is 2.72. The number of nitrogens with one attached hydrogen (secondary N) is 1. The highest BCUT2D eigenvalue weighted by Gasteiger charge is 2.13. The van der Waals surface area contributed by atoms with Crippen molar-refractivity contribution in [2.24, 2.45) is 0 Å². The summed E-state index contributed by atoms with van der Waals surface area (Å²) in [7, 11) is 1.57. The summed E-state index contributed by atoms with van der Waals surface area (Å²) in [5.41, 5.74) is 1.19. The Balaban J connectivity index is 1.60. The van der Waals surface area contributed by atoms with Crippen molar-refractivity contribution in [2.75, 3.05) is 20.3 Å². The largest absolute Gasteiger partial charge is 0.493 e. The van der Waals surface area contributed by atoms with Gasteiger partial charge < -0.3 is 19.5 Å². The van der Waals surface area contributed by atoms with Crippen molar-refractivity contribution in [1.82, 2.24) is 10.3 Å². The van der Waals surface area contributed by atoms with Crippen LogP contribution in [-0.4, -0.2) is 25.2 Å². The Morgan fingerprint density at radius 2 is 1.90 bits per heavy atom. The van der Waals surface area contributed by atoms with Gasteiger partial charge in [0.05, 0.1) is 12.1 Å². The number of pyridine rings is 1. The Hall–Kier alpha value is -2.83. The molecule has 29 heavy (non-hydrogen) atoms. The topological polar surface area (TPSA) is 52.6 Å². The highest BCUT2D eigenvalue weighted by Crippen LogP contribution is 2.32. The molecule has 3 aromatic rings. The van der Waals surface area contributed by atoms with Gasteiger partial charge in [0.2, 0.25) is 5.88 Å². The molecule has 0 bridgehead atoms. The molecule has 0 unspecified atom stereocenters. The minimum atomic E-state index is -0.404. The molecule has 0 aliphatic heterocycles. The minimum Gasteiger partial charge on any atom is -0.493 e. The summed E-state index contributed by atoms with van der Waals surface area (Å²) < 4.78 is 30.9. The zero-order valence-electron chi connectivity index (χ0n) is 16.0. The van der Waals surface area contributed by atoms with Crippen molar-refractivity contribution in [3.63, 3.8) is 0 Å². The van der Waals surface area contributed by atoms with Gasteiger partial charge in [-0.05, 0) is 24.3 Å². The first-order chi connectivity index (χ1) is 14.2. The Bertz CT molecular complexity index is 905. The first-order valence-electron chi connectivity index (χ1n) is 9.15. The summed E-state index contributed by atoms with van der Waals surface area (Å²) in [6.07, 6.45) is 1.68. The molecule has 1 heterocycles. The normalized spacial score (nSPS) is 10.6. The summed E-state index contributed by atoms with van der Waals surface area (Å²) in [5, 5.41) is 3.62. The summed E-state index contributed by atoms with van der Waals surface area (Å²) in [4.78, 5) is 4.11. The van der Waals surface area contributed by atoms with Crippen LogP contribution in [0, 0.1) is 5.82 Å². The molecule has 0 fully saturated rings. The van der Waals surface area contributed by atoms with Crippen LogP contribution in [0.25, 0.3) is 0 Å². The van der Waals surface area contributed by atoms with Crippen molar-refractivity contribution < 1.29 is 18.6 Å². The first-order valence-corrected chi connectivity index (χ1v) is 9.53. The van der Waals surface area contributed by atoms with Gasteiger partial charge in [-0.1, -0.05) is 35.9 Å². The van der Waals surface area contributed by atoms with Gasteiger partial charge in [-0.2, -0.15) is 0 Å². The summed E-state index contributed by atoms with van der Waals surface area (Å²) in [6, 6.07) is 15.7. The SMILES string of the molecule is COc1cccc(CNCCOc2ccccn2)c1OCc1c(F)cccc1Cl. The van der Waals surface area contributed by atoms with Crippen LogP contribution in [0.5, 0.6) is 17.4 Å². The van der Waals surface area contributed by atoms with Crippen molar-refractivity contribution in [3.05, 3.63) is 82.8 Å². The monoisotopic (exact) mass is 416 g/mol. The molecule has 2 aromatic carbocycles. The van der Waals surface area contributed by atoms with E-state index >= 15 is 0 Å². The lowest BCUT2D eigenvalue weighted by Gasteiger charge is -2.16. The van der Waals surface area contributed by atoms with Crippen LogP contribution in [0.2, 0.25) is 5.02 Å². The Morgan fingerprint density at radius 1 is 1.03 bits per heavy atom. The standard InChI is InChI=1S/C22H22ClFN2O3/c1-27-20-9-4-6-16(14-25-12-13-28-21-10-2-3-11-26-21)22(20)29-15-17-18(23)7-5-8-19(17)24/h2-11,25H,12-15H2,1H3. The van der Waals surface area contributed by atoms with Crippen molar-refractivity contribution in [3.8, 4) is 17.4 Å². The fourth-order valence-corrected chi connectivity index (χ4v) is 2.94. The van der Waals surface area contributed by atoms with Gasteiger partial charge in [0, 0.05) is 36.5 Å². The lowest BCUT2D eigenvalue weighted by Crippen LogP contribution is -2.21. The van der Waals surface area contributed by atoms with Crippen LogP contribution in [0.4, 0.5) is 4.39 Å². The van der Waals surface area contributed by atoms with Crippen LogP contribution >= 0.6 is 11.6 Å². The molecule has 0 saturated carbocycles. The van der Waals surface area contributed by atoms with Crippen LogP contribution in [0.15, 0.2) is 60.8 Å². The Labute approximate surface area is 174 Å². The van der Waals surface area contributed by atoms with Crippen LogP contribution < -0.4 is 19.5 Å². The molecule has 0 radical (unpaired) electrons. The van der Waals surface area contributed by atoms with Gasteiger partial charge in [-0.3, -0.25) is 0 Å². The second-order valence-electron chi connectivity index (χ2n) is 6.13. The summed E-state index contributed by atoms with van der Waals surface area (Å²) in [6.45, 7) is 1.62. The van der Waals surface area contributed by atoms with Gasteiger partial charge in [0.1, 0.15) is 19.0 Å². The average molecular weight is 417 g/mol. The number of hydrogen-bond acceptors (Lipinski definition) is 5. The lowest BCUT2D eigenvalue weighted by molar-refractivity contribution is 0.274. The number of rotatable bonds is 10. The second-order valence-corrected chi connectivity index (χ2v) is 6.54. The van der Waals surface area contributed by atoms with Crippen molar-refractivity contribution >= 4 is 11.6 Å². The van der Waals surface area contributed by atoms with Crippen molar-refractivity contribution in [1.29, 1.82) is 0 Å². The van der Waals surface area contributed by atoms with E-state index in [2.05, 4.69) is 10.3 Å². The number of para-hydroxylation sites is 1. The molecular formula is C22H22ClFN2O3. The molecule has 0 aliphatic rings.